The van der Waals surface area contributed by atoms with Gasteiger partial charge in [0, 0.05) is 35.5 Å². The number of alkyl halides is 3. The van der Waals surface area contributed by atoms with Gasteiger partial charge in [-0.15, -0.1) is 0 Å². The largest absolute Gasteiger partial charge is 0.472 e. The maximum absolute atomic E-state index is 12.6. The first-order valence-corrected chi connectivity index (χ1v) is 8.36. The molecule has 0 unspecified atom stereocenters. The Balaban J connectivity index is 1.50. The van der Waals surface area contributed by atoms with Gasteiger partial charge < -0.3 is 14.7 Å². The highest BCUT2D eigenvalue weighted by atomic mass is 19.4. The molecule has 142 valence electrons. The Hall–Kier alpha value is -3.55. The molecule has 2 N–H and O–H groups in total. The molecule has 8 heteroatoms. The van der Waals surface area contributed by atoms with E-state index in [0.717, 1.165) is 28.6 Å². The van der Waals surface area contributed by atoms with E-state index in [0.29, 0.717) is 16.8 Å². The van der Waals surface area contributed by atoms with E-state index < -0.39 is 11.7 Å². The third kappa shape index (κ3) is 3.48. The van der Waals surface area contributed by atoms with Crippen molar-refractivity contribution in [1.82, 2.24) is 15.3 Å². The zero-order chi connectivity index (χ0) is 19.7. The summed E-state index contributed by atoms with van der Waals surface area (Å²) in [4.78, 5) is 19.7. The molecule has 0 aliphatic heterocycles. The third-order valence-electron chi connectivity index (χ3n) is 4.36. The van der Waals surface area contributed by atoms with Gasteiger partial charge >= 0.3 is 6.18 Å². The second-order valence-electron chi connectivity index (χ2n) is 6.21. The number of fused-ring (bicyclic) bond motifs is 1. The van der Waals surface area contributed by atoms with Gasteiger partial charge in [-0.05, 0) is 29.8 Å². The van der Waals surface area contributed by atoms with Crippen LogP contribution < -0.4 is 5.32 Å². The van der Waals surface area contributed by atoms with E-state index in [1.165, 1.54) is 18.3 Å². The Morgan fingerprint density at radius 2 is 1.96 bits per heavy atom. The van der Waals surface area contributed by atoms with Gasteiger partial charge in [-0.25, -0.2) is 4.98 Å². The fourth-order valence-corrected chi connectivity index (χ4v) is 2.88. The summed E-state index contributed by atoms with van der Waals surface area (Å²) >= 11 is 0. The Labute approximate surface area is 157 Å². The molecule has 0 saturated heterocycles. The number of hydrogen-bond donors (Lipinski definition) is 2. The number of H-pyrrole nitrogens is 1. The summed E-state index contributed by atoms with van der Waals surface area (Å²) in [6, 6.07) is 8.18. The van der Waals surface area contributed by atoms with Crippen LogP contribution in [0.25, 0.3) is 22.2 Å². The molecule has 3 heterocycles. The Bertz CT molecular complexity index is 1110. The van der Waals surface area contributed by atoms with Crippen molar-refractivity contribution in [2.75, 3.05) is 0 Å². The number of nitrogens with zero attached hydrogens (tertiary/aromatic N) is 1. The highest BCUT2D eigenvalue weighted by Crippen LogP contribution is 2.30. The molecule has 0 bridgehead atoms. The van der Waals surface area contributed by atoms with Crippen LogP contribution in [0.3, 0.4) is 0 Å². The molecule has 0 spiro atoms. The first-order valence-electron chi connectivity index (χ1n) is 8.36. The Morgan fingerprint density at radius 1 is 1.18 bits per heavy atom. The van der Waals surface area contributed by atoms with Crippen LogP contribution in [0.5, 0.6) is 0 Å². The molecule has 0 fully saturated rings. The number of hydrogen-bond acceptors (Lipinski definition) is 3. The number of rotatable bonds is 4. The van der Waals surface area contributed by atoms with Crippen LogP contribution in [0.15, 0.2) is 65.7 Å². The molecule has 4 rings (SSSR count). The number of pyridine rings is 1. The van der Waals surface area contributed by atoms with Crippen LogP contribution in [0.1, 0.15) is 21.5 Å². The minimum atomic E-state index is -4.38. The summed E-state index contributed by atoms with van der Waals surface area (Å²) in [6.45, 7) is 0.108. The van der Waals surface area contributed by atoms with Crippen LogP contribution in [0.2, 0.25) is 0 Å². The summed E-state index contributed by atoms with van der Waals surface area (Å²) < 4.78 is 42.9. The van der Waals surface area contributed by atoms with Gasteiger partial charge in [0.25, 0.3) is 5.91 Å². The second kappa shape index (κ2) is 6.88. The molecule has 0 radical (unpaired) electrons. The normalized spacial score (nSPS) is 11.7. The Kier molecular flexibility index (Phi) is 4.38. The minimum absolute atomic E-state index is 0.108. The number of carbonyl (C=O) groups excluding carboxylic acids is 1. The van der Waals surface area contributed by atoms with E-state index in [-0.39, 0.29) is 12.5 Å². The molecule has 0 aliphatic carbocycles. The van der Waals surface area contributed by atoms with E-state index in [2.05, 4.69) is 15.3 Å². The molecule has 5 nitrogen and oxygen atoms in total. The van der Waals surface area contributed by atoms with Crippen LogP contribution in [0, 0.1) is 0 Å². The highest BCUT2D eigenvalue weighted by molar-refractivity contribution is 6.00. The molecule has 4 aromatic rings. The van der Waals surface area contributed by atoms with Crippen molar-refractivity contribution in [2.45, 2.75) is 12.7 Å². The maximum Gasteiger partial charge on any atom is 0.416 e. The number of nitrogens with one attached hydrogen (secondary N) is 2. The average Bonchev–Trinajstić information content (AvgIpc) is 3.34. The first kappa shape index (κ1) is 17.8. The molecule has 1 aromatic carbocycles. The minimum Gasteiger partial charge on any atom is -0.472 e. The fraction of sp³-hybridized carbons (Fsp3) is 0.100. The number of amides is 1. The van der Waals surface area contributed by atoms with Crippen molar-refractivity contribution in [3.8, 4) is 11.1 Å². The number of halogens is 3. The summed E-state index contributed by atoms with van der Waals surface area (Å²) in [5, 5.41) is 3.46. The third-order valence-corrected chi connectivity index (χ3v) is 4.36. The van der Waals surface area contributed by atoms with E-state index in [9.17, 15) is 18.0 Å². The highest BCUT2D eigenvalue weighted by Gasteiger charge is 2.29. The van der Waals surface area contributed by atoms with Crippen molar-refractivity contribution in [3.63, 3.8) is 0 Å². The standard InChI is InChI=1S/C20H14F3N3O2/c21-20(22,23)15-3-1-12(2-4-15)8-26-19(27)14-7-16-17(13-5-6-28-11-13)10-25-18(16)24-9-14/h1-7,9-11H,8H2,(H,24,25)(H,26,27). The van der Waals surface area contributed by atoms with Gasteiger partial charge in [0.2, 0.25) is 0 Å². The number of carbonyl (C=O) groups is 1. The van der Waals surface area contributed by atoms with Crippen molar-refractivity contribution in [1.29, 1.82) is 0 Å². The number of benzene rings is 1. The van der Waals surface area contributed by atoms with E-state index in [1.54, 1.807) is 30.9 Å². The molecule has 0 atom stereocenters. The van der Waals surface area contributed by atoms with Crippen LogP contribution in [-0.2, 0) is 12.7 Å². The van der Waals surface area contributed by atoms with Gasteiger partial charge in [-0.1, -0.05) is 12.1 Å². The predicted molar refractivity (Wildman–Crippen MR) is 96.4 cm³/mol. The van der Waals surface area contributed by atoms with Gasteiger partial charge in [-0.2, -0.15) is 13.2 Å². The van der Waals surface area contributed by atoms with Crippen LogP contribution >= 0.6 is 0 Å². The van der Waals surface area contributed by atoms with Crippen LogP contribution in [0.4, 0.5) is 13.2 Å². The zero-order valence-corrected chi connectivity index (χ0v) is 14.4. The SMILES string of the molecule is O=C(NCc1ccc(C(F)(F)F)cc1)c1cnc2[nH]cc(-c3ccoc3)c2c1. The van der Waals surface area contributed by atoms with Crippen molar-refractivity contribution in [2.24, 2.45) is 0 Å². The lowest BCUT2D eigenvalue weighted by atomic mass is 10.1. The number of furan rings is 1. The van der Waals surface area contributed by atoms with Crippen molar-refractivity contribution < 1.29 is 22.4 Å². The maximum atomic E-state index is 12.6. The molecule has 0 aliphatic rings. The number of aromatic nitrogens is 2. The quantitative estimate of drug-likeness (QED) is 0.532. The molecule has 0 saturated carbocycles. The lowest BCUT2D eigenvalue weighted by molar-refractivity contribution is -0.137. The summed E-state index contributed by atoms with van der Waals surface area (Å²) in [7, 11) is 0. The average molecular weight is 385 g/mol. The first-order chi connectivity index (χ1) is 13.4. The summed E-state index contributed by atoms with van der Waals surface area (Å²) in [5.74, 6) is -0.367. The monoisotopic (exact) mass is 385 g/mol. The zero-order valence-electron chi connectivity index (χ0n) is 14.4. The Morgan fingerprint density at radius 3 is 2.64 bits per heavy atom. The molecule has 1 amide bonds. The van der Waals surface area contributed by atoms with Gasteiger partial charge in [-0.3, -0.25) is 4.79 Å². The predicted octanol–water partition coefficient (Wildman–Crippen LogP) is 4.77. The summed E-state index contributed by atoms with van der Waals surface area (Å²) in [6.07, 6.45) is 2.00. The molecular formula is C20H14F3N3O2. The lowest BCUT2D eigenvalue weighted by Crippen LogP contribution is -2.23. The molecular weight excluding hydrogens is 371 g/mol. The van der Waals surface area contributed by atoms with Crippen molar-refractivity contribution >= 4 is 16.9 Å². The smallest absolute Gasteiger partial charge is 0.416 e. The molecule has 3 aromatic heterocycles. The van der Waals surface area contributed by atoms with E-state index >= 15 is 0 Å². The second-order valence-corrected chi connectivity index (χ2v) is 6.21. The fourth-order valence-electron chi connectivity index (χ4n) is 2.88. The summed E-state index contributed by atoms with van der Waals surface area (Å²) in [5.41, 5.74) is 2.54. The molecule has 28 heavy (non-hydrogen) atoms. The van der Waals surface area contributed by atoms with Crippen molar-refractivity contribution in [3.05, 3.63) is 78.0 Å². The van der Waals surface area contributed by atoms with E-state index in [1.807, 2.05) is 0 Å². The van der Waals surface area contributed by atoms with Gasteiger partial charge in [0.05, 0.1) is 23.7 Å². The van der Waals surface area contributed by atoms with Crippen LogP contribution in [-0.4, -0.2) is 15.9 Å². The van der Waals surface area contributed by atoms with Gasteiger partial charge in [0.15, 0.2) is 0 Å². The topological polar surface area (TPSA) is 70.9 Å². The number of aromatic amines is 1. The van der Waals surface area contributed by atoms with E-state index in [4.69, 9.17) is 4.42 Å². The van der Waals surface area contributed by atoms with Gasteiger partial charge in [0.1, 0.15) is 5.65 Å². The lowest BCUT2D eigenvalue weighted by Gasteiger charge is -2.09.